The van der Waals surface area contributed by atoms with Crippen LogP contribution in [-0.4, -0.2) is 41.5 Å². The molecule has 0 radical (unpaired) electrons. The Morgan fingerprint density at radius 2 is 2.17 bits per heavy atom. The van der Waals surface area contributed by atoms with E-state index in [9.17, 15) is 4.79 Å². The van der Waals surface area contributed by atoms with Gasteiger partial charge in [0.1, 0.15) is 6.54 Å². The van der Waals surface area contributed by atoms with Crippen LogP contribution in [0.5, 0.6) is 0 Å². The first-order chi connectivity index (χ1) is 8.61. The molecule has 94 valence electrons. The lowest BCUT2D eigenvalue weighted by atomic mass is 10.1. The summed E-state index contributed by atoms with van der Waals surface area (Å²) in [5.41, 5.74) is 2.19. The number of rotatable bonds is 4. The molecule has 2 heterocycles. The number of aliphatic carboxylic acids is 1. The lowest BCUT2D eigenvalue weighted by Gasteiger charge is -2.06. The van der Waals surface area contributed by atoms with Crippen LogP contribution in [0.3, 0.4) is 0 Å². The Morgan fingerprint density at radius 3 is 2.83 bits per heavy atom. The predicted molar refractivity (Wildman–Crippen MR) is 60.6 cm³/mol. The van der Waals surface area contributed by atoms with Gasteiger partial charge in [-0.2, -0.15) is 10.2 Å². The highest BCUT2D eigenvalue weighted by molar-refractivity contribution is 5.68. The molecule has 1 N–H and O–H groups in total. The average Bonchev–Trinajstić information content (AvgIpc) is 2.76. The van der Waals surface area contributed by atoms with Crippen molar-refractivity contribution in [2.45, 2.75) is 26.8 Å². The molecule has 0 unspecified atom stereocenters. The second kappa shape index (κ2) is 4.86. The van der Waals surface area contributed by atoms with Gasteiger partial charge in [-0.15, -0.1) is 5.10 Å². The Bertz CT molecular complexity index is 579. The monoisotopic (exact) mass is 248 g/mol. The summed E-state index contributed by atoms with van der Waals surface area (Å²) in [6.45, 7) is 3.46. The molecule has 0 spiro atoms. The summed E-state index contributed by atoms with van der Waals surface area (Å²) in [5, 5.41) is 27.9. The Balaban J connectivity index is 2.51. The lowest BCUT2D eigenvalue weighted by molar-refractivity contribution is -0.137. The Morgan fingerprint density at radius 1 is 1.39 bits per heavy atom. The van der Waals surface area contributed by atoms with Gasteiger partial charge >= 0.3 is 5.97 Å². The smallest absolute Gasteiger partial charge is 0.325 e. The molecule has 2 aromatic rings. The van der Waals surface area contributed by atoms with E-state index in [1.54, 1.807) is 13.0 Å². The van der Waals surface area contributed by atoms with Crippen LogP contribution in [0.25, 0.3) is 11.4 Å². The van der Waals surface area contributed by atoms with Crippen molar-refractivity contribution in [2.75, 3.05) is 0 Å². The van der Waals surface area contributed by atoms with Crippen LogP contribution in [0.4, 0.5) is 0 Å². The van der Waals surface area contributed by atoms with Crippen molar-refractivity contribution in [3.63, 3.8) is 0 Å². The molecule has 0 saturated carbocycles. The first-order valence-corrected chi connectivity index (χ1v) is 5.43. The highest BCUT2D eigenvalue weighted by atomic mass is 16.4. The molecule has 0 atom stereocenters. The fraction of sp³-hybridized carbons (Fsp3) is 0.400. The molecule has 0 amide bonds. The van der Waals surface area contributed by atoms with E-state index < -0.39 is 5.97 Å². The predicted octanol–water partition coefficient (Wildman–Crippen LogP) is 0.0855. The molecular formula is C10H12N6O2. The first kappa shape index (κ1) is 12.1. The standard InChI is InChI=1S/C10H12N6O2/c1-3-8-7(4-6(2)11-12-8)10-13-14-15-16(10)5-9(17)18/h4H,3,5H2,1-2H3,(H,17,18). The second-order valence-corrected chi connectivity index (χ2v) is 3.75. The fourth-order valence-corrected chi connectivity index (χ4v) is 1.60. The summed E-state index contributed by atoms with van der Waals surface area (Å²) in [7, 11) is 0. The first-order valence-electron chi connectivity index (χ1n) is 5.43. The van der Waals surface area contributed by atoms with E-state index in [4.69, 9.17) is 5.11 Å². The summed E-state index contributed by atoms with van der Waals surface area (Å²) in [4.78, 5) is 10.7. The largest absolute Gasteiger partial charge is 0.480 e. The van der Waals surface area contributed by atoms with Crippen molar-refractivity contribution in [1.82, 2.24) is 30.4 Å². The van der Waals surface area contributed by atoms with Gasteiger partial charge in [0.2, 0.25) is 0 Å². The summed E-state index contributed by atoms with van der Waals surface area (Å²) in [5.74, 6) is -0.604. The molecule has 0 bridgehead atoms. The number of tetrazole rings is 1. The minimum Gasteiger partial charge on any atom is -0.480 e. The topological polar surface area (TPSA) is 107 Å². The summed E-state index contributed by atoms with van der Waals surface area (Å²) < 4.78 is 1.23. The third-order valence-electron chi connectivity index (χ3n) is 2.39. The molecule has 18 heavy (non-hydrogen) atoms. The molecule has 0 aliphatic rings. The van der Waals surface area contributed by atoms with Crippen LogP contribution < -0.4 is 0 Å². The van der Waals surface area contributed by atoms with E-state index in [1.165, 1.54) is 4.68 Å². The quantitative estimate of drug-likeness (QED) is 0.816. The number of carboxylic acids is 1. The highest BCUT2D eigenvalue weighted by Crippen LogP contribution is 2.20. The second-order valence-electron chi connectivity index (χ2n) is 3.75. The molecule has 0 aliphatic heterocycles. The summed E-state index contributed by atoms with van der Waals surface area (Å²) in [6.07, 6.45) is 0.669. The van der Waals surface area contributed by atoms with E-state index in [-0.39, 0.29) is 6.54 Å². The number of carbonyl (C=O) groups is 1. The number of hydrogen-bond acceptors (Lipinski definition) is 6. The molecule has 8 nitrogen and oxygen atoms in total. The third kappa shape index (κ3) is 2.31. The van der Waals surface area contributed by atoms with Gasteiger partial charge < -0.3 is 5.11 Å². The van der Waals surface area contributed by atoms with Crippen molar-refractivity contribution in [3.05, 3.63) is 17.5 Å². The van der Waals surface area contributed by atoms with E-state index in [1.807, 2.05) is 6.92 Å². The zero-order valence-electron chi connectivity index (χ0n) is 10.0. The van der Waals surface area contributed by atoms with Gasteiger partial charge in [0.05, 0.1) is 11.4 Å². The third-order valence-corrected chi connectivity index (χ3v) is 2.39. The maximum Gasteiger partial charge on any atom is 0.325 e. The summed E-state index contributed by atoms with van der Waals surface area (Å²) in [6, 6.07) is 1.80. The molecule has 2 rings (SSSR count). The van der Waals surface area contributed by atoms with Gasteiger partial charge in [0, 0.05) is 5.56 Å². The van der Waals surface area contributed by atoms with E-state index in [2.05, 4.69) is 25.7 Å². The normalized spacial score (nSPS) is 10.6. The molecule has 0 fully saturated rings. The molecule has 0 saturated heterocycles. The van der Waals surface area contributed by atoms with Crippen LogP contribution in [0, 0.1) is 6.92 Å². The van der Waals surface area contributed by atoms with Crippen LogP contribution in [0.2, 0.25) is 0 Å². The number of hydrogen-bond donors (Lipinski definition) is 1. The lowest BCUT2D eigenvalue weighted by Crippen LogP contribution is -2.12. The fourth-order valence-electron chi connectivity index (χ4n) is 1.60. The van der Waals surface area contributed by atoms with Crippen LogP contribution in [0.15, 0.2) is 6.07 Å². The van der Waals surface area contributed by atoms with Crippen molar-refractivity contribution in [3.8, 4) is 11.4 Å². The summed E-state index contributed by atoms with van der Waals surface area (Å²) >= 11 is 0. The number of aromatic nitrogens is 6. The minimum absolute atomic E-state index is 0.285. The van der Waals surface area contributed by atoms with Gasteiger partial charge in [0.15, 0.2) is 5.82 Å². The molecule has 2 aromatic heterocycles. The molecule has 0 aliphatic carbocycles. The van der Waals surface area contributed by atoms with Crippen molar-refractivity contribution < 1.29 is 9.90 Å². The Hall–Kier alpha value is -2.38. The minimum atomic E-state index is -1.000. The highest BCUT2D eigenvalue weighted by Gasteiger charge is 2.16. The van der Waals surface area contributed by atoms with Crippen molar-refractivity contribution in [1.29, 1.82) is 0 Å². The zero-order valence-corrected chi connectivity index (χ0v) is 10.0. The number of nitrogens with zero attached hydrogens (tertiary/aromatic N) is 6. The van der Waals surface area contributed by atoms with Crippen LogP contribution in [0.1, 0.15) is 18.3 Å². The molecule has 0 aromatic carbocycles. The van der Waals surface area contributed by atoms with Crippen molar-refractivity contribution in [2.24, 2.45) is 0 Å². The van der Waals surface area contributed by atoms with Gasteiger partial charge in [-0.05, 0) is 29.8 Å². The van der Waals surface area contributed by atoms with E-state index in [0.29, 0.717) is 12.2 Å². The van der Waals surface area contributed by atoms with E-state index in [0.717, 1.165) is 17.0 Å². The zero-order chi connectivity index (χ0) is 13.1. The maximum atomic E-state index is 10.7. The van der Waals surface area contributed by atoms with E-state index >= 15 is 0 Å². The number of aryl methyl sites for hydroxylation is 2. The van der Waals surface area contributed by atoms with Crippen LogP contribution in [-0.2, 0) is 17.8 Å². The Labute approximate surface area is 103 Å². The van der Waals surface area contributed by atoms with Gasteiger partial charge in [-0.25, -0.2) is 4.68 Å². The maximum absolute atomic E-state index is 10.7. The molecular weight excluding hydrogens is 236 g/mol. The SMILES string of the molecule is CCc1nnc(C)cc1-c1nnnn1CC(=O)O. The van der Waals surface area contributed by atoms with Gasteiger partial charge in [-0.1, -0.05) is 6.92 Å². The average molecular weight is 248 g/mol. The number of carboxylic acid groups (broad SMARTS) is 1. The van der Waals surface area contributed by atoms with Crippen LogP contribution >= 0.6 is 0 Å². The van der Waals surface area contributed by atoms with Gasteiger partial charge in [-0.3, -0.25) is 4.79 Å². The molecule has 8 heteroatoms. The Kier molecular flexibility index (Phi) is 3.26. The van der Waals surface area contributed by atoms with Gasteiger partial charge in [0.25, 0.3) is 0 Å². The van der Waals surface area contributed by atoms with Crippen molar-refractivity contribution >= 4 is 5.97 Å².